The van der Waals surface area contributed by atoms with Crippen molar-refractivity contribution in [2.45, 2.75) is 30.6 Å². The Morgan fingerprint density at radius 2 is 2.30 bits per heavy atom. The van der Waals surface area contributed by atoms with Gasteiger partial charge in [-0.25, -0.2) is 0 Å². The van der Waals surface area contributed by atoms with E-state index in [1.54, 1.807) is 18.2 Å². The topological polar surface area (TPSA) is 79.8 Å². The highest BCUT2D eigenvalue weighted by molar-refractivity contribution is 8.15. The first-order chi connectivity index (χ1) is 11.0. The van der Waals surface area contributed by atoms with Crippen molar-refractivity contribution < 1.29 is 14.3 Å². The molecule has 2 aliphatic rings. The average Bonchev–Trinajstić information content (AvgIpc) is 3.24. The van der Waals surface area contributed by atoms with Gasteiger partial charge in [0.05, 0.1) is 18.2 Å². The van der Waals surface area contributed by atoms with E-state index in [1.807, 2.05) is 0 Å². The monoisotopic (exact) mass is 353 g/mol. The molecule has 0 radical (unpaired) electrons. The van der Waals surface area contributed by atoms with Crippen LogP contribution in [-0.2, 0) is 9.59 Å². The van der Waals surface area contributed by atoms with Crippen LogP contribution >= 0.6 is 23.4 Å². The molecule has 1 aromatic rings. The lowest BCUT2D eigenvalue weighted by molar-refractivity contribution is -0.122. The number of methoxy groups -OCH3 is 1. The number of halogens is 1. The van der Waals surface area contributed by atoms with Gasteiger partial charge in [-0.2, -0.15) is 0 Å². The summed E-state index contributed by atoms with van der Waals surface area (Å²) >= 11 is 7.34. The zero-order valence-electron chi connectivity index (χ0n) is 12.5. The second-order valence-electron chi connectivity index (χ2n) is 5.36. The molecule has 8 heteroatoms. The molecule has 1 heterocycles. The van der Waals surface area contributed by atoms with Crippen molar-refractivity contribution in [1.29, 1.82) is 0 Å². The number of amides is 2. The van der Waals surface area contributed by atoms with Gasteiger partial charge in [-0.3, -0.25) is 14.6 Å². The van der Waals surface area contributed by atoms with Gasteiger partial charge in [0.15, 0.2) is 5.17 Å². The first kappa shape index (κ1) is 16.1. The summed E-state index contributed by atoms with van der Waals surface area (Å²) in [6, 6.07) is 5.33. The molecule has 23 heavy (non-hydrogen) atoms. The molecule has 1 aliphatic carbocycles. The van der Waals surface area contributed by atoms with Gasteiger partial charge in [0, 0.05) is 12.1 Å². The number of anilines is 1. The van der Waals surface area contributed by atoms with Gasteiger partial charge in [0.25, 0.3) is 0 Å². The van der Waals surface area contributed by atoms with Gasteiger partial charge < -0.3 is 15.4 Å². The Morgan fingerprint density at radius 3 is 2.96 bits per heavy atom. The maximum Gasteiger partial charge on any atom is 0.240 e. The van der Waals surface area contributed by atoms with Crippen molar-refractivity contribution in [3.63, 3.8) is 0 Å². The number of hydrogen-bond donors (Lipinski definition) is 2. The summed E-state index contributed by atoms with van der Waals surface area (Å²) in [6.07, 6.45) is 2.23. The minimum Gasteiger partial charge on any atom is -0.495 e. The molecule has 2 amide bonds. The Morgan fingerprint density at radius 1 is 1.52 bits per heavy atom. The minimum absolute atomic E-state index is 0.0871. The van der Waals surface area contributed by atoms with Crippen LogP contribution in [0.25, 0.3) is 0 Å². The molecule has 122 valence electrons. The van der Waals surface area contributed by atoms with Crippen LogP contribution in [-0.4, -0.2) is 35.4 Å². The lowest BCUT2D eigenvalue weighted by Crippen LogP contribution is -2.28. The molecule has 0 bridgehead atoms. The van der Waals surface area contributed by atoms with E-state index in [4.69, 9.17) is 16.3 Å². The van der Waals surface area contributed by atoms with Crippen LogP contribution in [0.4, 0.5) is 5.69 Å². The smallest absolute Gasteiger partial charge is 0.240 e. The van der Waals surface area contributed by atoms with Crippen LogP contribution in [0.15, 0.2) is 23.2 Å². The predicted octanol–water partition coefficient (Wildman–Crippen LogP) is 2.43. The second kappa shape index (κ2) is 6.80. The maximum absolute atomic E-state index is 12.1. The van der Waals surface area contributed by atoms with Crippen molar-refractivity contribution >= 4 is 46.0 Å². The molecular weight excluding hydrogens is 338 g/mol. The Balaban J connectivity index is 1.56. The molecule has 1 unspecified atom stereocenters. The molecule has 3 rings (SSSR count). The number of ether oxygens (including phenoxy) is 1. The molecule has 2 fully saturated rings. The lowest BCUT2D eigenvalue weighted by atomic mass is 10.2. The van der Waals surface area contributed by atoms with Crippen LogP contribution in [0.2, 0.25) is 5.02 Å². The number of benzene rings is 1. The molecule has 1 aliphatic heterocycles. The van der Waals surface area contributed by atoms with Crippen LogP contribution in [0.5, 0.6) is 5.75 Å². The summed E-state index contributed by atoms with van der Waals surface area (Å²) < 4.78 is 5.06. The number of carbonyl (C=O) groups excluding carboxylic acids is 2. The molecule has 1 saturated carbocycles. The number of hydrogen-bond acceptors (Lipinski definition) is 5. The lowest BCUT2D eigenvalue weighted by Gasteiger charge is -2.09. The van der Waals surface area contributed by atoms with E-state index in [0.717, 1.165) is 12.8 Å². The van der Waals surface area contributed by atoms with Gasteiger partial charge >= 0.3 is 0 Å². The molecular formula is C15H16ClN3O3S. The van der Waals surface area contributed by atoms with Crippen LogP contribution in [0.1, 0.15) is 19.3 Å². The van der Waals surface area contributed by atoms with E-state index >= 15 is 0 Å². The number of nitrogens with zero attached hydrogens (tertiary/aromatic N) is 1. The molecule has 2 N–H and O–H groups in total. The van der Waals surface area contributed by atoms with Crippen molar-refractivity contribution in [1.82, 2.24) is 5.32 Å². The standard InChI is InChI=1S/C15H16ClN3O3S/c1-22-11-5-4-9(6-10(11)16)17-13(20)7-12-14(21)19-15(23-12)18-8-2-3-8/h4-6,8,12H,2-3,7H2,1H3,(H,17,20)(H,18,19,21). The Kier molecular flexibility index (Phi) is 4.77. The van der Waals surface area contributed by atoms with Gasteiger partial charge in [-0.15, -0.1) is 0 Å². The summed E-state index contributed by atoms with van der Waals surface area (Å²) in [7, 11) is 1.52. The molecule has 0 spiro atoms. The molecule has 1 saturated heterocycles. The fraction of sp³-hybridized carbons (Fsp3) is 0.400. The zero-order valence-corrected chi connectivity index (χ0v) is 14.0. The van der Waals surface area contributed by atoms with Crippen molar-refractivity contribution in [2.24, 2.45) is 4.99 Å². The number of aliphatic imine (C=N–C) groups is 1. The van der Waals surface area contributed by atoms with Crippen molar-refractivity contribution in [2.75, 3.05) is 12.4 Å². The Labute approximate surface area is 143 Å². The summed E-state index contributed by atoms with van der Waals surface area (Å²) in [4.78, 5) is 28.4. The van der Waals surface area contributed by atoms with Gasteiger partial charge in [0.2, 0.25) is 11.8 Å². The van der Waals surface area contributed by atoms with E-state index in [1.165, 1.54) is 18.9 Å². The molecule has 0 aromatic heterocycles. The summed E-state index contributed by atoms with van der Waals surface area (Å²) in [5, 5.41) is 6.06. The second-order valence-corrected chi connectivity index (χ2v) is 6.96. The van der Waals surface area contributed by atoms with Gasteiger partial charge in [-0.1, -0.05) is 23.4 Å². The van der Waals surface area contributed by atoms with Gasteiger partial charge in [0.1, 0.15) is 11.0 Å². The fourth-order valence-electron chi connectivity index (χ4n) is 2.09. The molecule has 1 aromatic carbocycles. The summed E-state index contributed by atoms with van der Waals surface area (Å²) in [5.74, 6) is 0.125. The van der Waals surface area contributed by atoms with E-state index < -0.39 is 5.25 Å². The van der Waals surface area contributed by atoms with Crippen molar-refractivity contribution in [3.8, 4) is 5.75 Å². The highest BCUT2D eigenvalue weighted by atomic mass is 35.5. The normalized spacial score (nSPS) is 22.1. The summed E-state index contributed by atoms with van der Waals surface area (Å²) in [6.45, 7) is 0. The van der Waals surface area contributed by atoms with E-state index in [0.29, 0.717) is 27.7 Å². The molecule has 6 nitrogen and oxygen atoms in total. The highest BCUT2D eigenvalue weighted by Crippen LogP contribution is 2.30. The molecule has 1 atom stereocenters. The predicted molar refractivity (Wildman–Crippen MR) is 91.2 cm³/mol. The quantitative estimate of drug-likeness (QED) is 0.852. The number of nitrogens with one attached hydrogen (secondary N) is 2. The van der Waals surface area contributed by atoms with Crippen LogP contribution in [0.3, 0.4) is 0 Å². The number of thioether (sulfide) groups is 1. The van der Waals surface area contributed by atoms with E-state index in [2.05, 4.69) is 15.6 Å². The number of rotatable bonds is 5. The summed E-state index contributed by atoms with van der Waals surface area (Å²) in [5.41, 5.74) is 0.566. The number of amidine groups is 1. The van der Waals surface area contributed by atoms with Crippen molar-refractivity contribution in [3.05, 3.63) is 23.2 Å². The third-order valence-corrected chi connectivity index (χ3v) is 4.82. The minimum atomic E-state index is -0.443. The highest BCUT2D eigenvalue weighted by Gasteiger charge is 2.33. The Bertz CT molecular complexity index is 676. The maximum atomic E-state index is 12.1. The third kappa shape index (κ3) is 4.17. The largest absolute Gasteiger partial charge is 0.495 e. The van der Waals surface area contributed by atoms with Crippen LogP contribution < -0.4 is 15.4 Å². The zero-order chi connectivity index (χ0) is 16.4. The average molecular weight is 354 g/mol. The van der Waals surface area contributed by atoms with Crippen LogP contribution in [0, 0.1) is 0 Å². The van der Waals surface area contributed by atoms with Gasteiger partial charge in [-0.05, 0) is 31.0 Å². The first-order valence-electron chi connectivity index (χ1n) is 7.24. The first-order valence-corrected chi connectivity index (χ1v) is 8.49. The number of carbonyl (C=O) groups is 2. The Hall–Kier alpha value is -1.73. The SMILES string of the molecule is COc1ccc(NC(=O)CC2SC(=NC3CC3)NC2=O)cc1Cl. The van der Waals surface area contributed by atoms with E-state index in [9.17, 15) is 9.59 Å². The fourth-order valence-corrected chi connectivity index (χ4v) is 3.39. The van der Waals surface area contributed by atoms with E-state index in [-0.39, 0.29) is 18.2 Å². The third-order valence-electron chi connectivity index (χ3n) is 3.43.